The monoisotopic (exact) mass is 337 g/mol. The van der Waals surface area contributed by atoms with Gasteiger partial charge in [-0.1, -0.05) is 36.8 Å². The minimum Gasteiger partial charge on any atom is -0.376 e. The minimum atomic E-state index is -1.16. The van der Waals surface area contributed by atoms with E-state index in [0.29, 0.717) is 5.82 Å². The zero-order valence-corrected chi connectivity index (χ0v) is 14.8. The summed E-state index contributed by atoms with van der Waals surface area (Å²) in [6, 6.07) is 0. The van der Waals surface area contributed by atoms with Gasteiger partial charge in [0, 0.05) is 5.92 Å². The van der Waals surface area contributed by atoms with Crippen LogP contribution in [0.1, 0.15) is 68.6 Å². The second-order valence-corrected chi connectivity index (χ2v) is 7.46. The summed E-state index contributed by atoms with van der Waals surface area (Å²) >= 11 is 0. The van der Waals surface area contributed by atoms with E-state index in [4.69, 9.17) is 4.98 Å². The zero-order valence-electron chi connectivity index (χ0n) is 14.8. The fourth-order valence-corrected chi connectivity index (χ4v) is 4.26. The van der Waals surface area contributed by atoms with Gasteiger partial charge in [-0.3, -0.25) is 0 Å². The molecule has 0 aromatic carbocycles. The molecule has 1 unspecified atom stereocenters. The SMILES string of the molecule is OC(C1=CCCC=C1)(c1nnc2c(n1)CCCCC2)[C@H]1C=CCCC1. The predicted molar refractivity (Wildman–Crippen MR) is 97.9 cm³/mol. The van der Waals surface area contributed by atoms with Crippen LogP contribution in [0.2, 0.25) is 0 Å². The van der Waals surface area contributed by atoms with Gasteiger partial charge in [0.05, 0.1) is 11.4 Å². The van der Waals surface area contributed by atoms with Crippen molar-refractivity contribution >= 4 is 0 Å². The summed E-state index contributed by atoms with van der Waals surface area (Å²) in [5.74, 6) is 0.503. The highest BCUT2D eigenvalue weighted by Crippen LogP contribution is 2.42. The Morgan fingerprint density at radius 3 is 2.56 bits per heavy atom. The van der Waals surface area contributed by atoms with E-state index in [9.17, 15) is 5.11 Å². The highest BCUT2D eigenvalue weighted by Gasteiger charge is 2.43. The number of fused-ring (bicyclic) bond motifs is 1. The molecular formula is C21H27N3O. The Balaban J connectivity index is 1.79. The normalized spacial score (nSPS) is 25.6. The minimum absolute atomic E-state index is 0.0147. The largest absolute Gasteiger partial charge is 0.376 e. The number of hydrogen-bond donors (Lipinski definition) is 1. The van der Waals surface area contributed by atoms with Crippen LogP contribution in [0.3, 0.4) is 0 Å². The summed E-state index contributed by atoms with van der Waals surface area (Å²) in [4.78, 5) is 4.86. The third-order valence-corrected chi connectivity index (χ3v) is 5.73. The molecule has 3 aliphatic carbocycles. The smallest absolute Gasteiger partial charge is 0.188 e. The van der Waals surface area contributed by atoms with Crippen molar-refractivity contribution in [1.82, 2.24) is 15.2 Å². The highest BCUT2D eigenvalue weighted by molar-refractivity contribution is 5.37. The number of rotatable bonds is 3. The zero-order chi connectivity index (χ0) is 17.1. The first-order valence-corrected chi connectivity index (χ1v) is 9.77. The van der Waals surface area contributed by atoms with Crippen LogP contribution >= 0.6 is 0 Å². The average molecular weight is 337 g/mol. The Kier molecular flexibility index (Phi) is 4.80. The summed E-state index contributed by atoms with van der Waals surface area (Å²) in [5, 5.41) is 20.8. The van der Waals surface area contributed by atoms with Crippen LogP contribution in [0.4, 0.5) is 0 Å². The van der Waals surface area contributed by atoms with Gasteiger partial charge in [-0.15, -0.1) is 5.10 Å². The van der Waals surface area contributed by atoms with Gasteiger partial charge < -0.3 is 5.11 Å². The molecule has 1 aromatic rings. The molecule has 0 aliphatic heterocycles. The van der Waals surface area contributed by atoms with Gasteiger partial charge in [-0.2, -0.15) is 5.10 Å². The lowest BCUT2D eigenvalue weighted by Crippen LogP contribution is -2.39. The Hall–Kier alpha value is -1.81. The Morgan fingerprint density at radius 2 is 1.80 bits per heavy atom. The van der Waals surface area contributed by atoms with Crippen LogP contribution in [-0.2, 0) is 18.4 Å². The van der Waals surface area contributed by atoms with E-state index < -0.39 is 5.60 Å². The summed E-state index contributed by atoms with van der Waals surface area (Å²) < 4.78 is 0. The first-order valence-electron chi connectivity index (χ1n) is 9.77. The van der Waals surface area contributed by atoms with Crippen molar-refractivity contribution in [1.29, 1.82) is 0 Å². The first-order chi connectivity index (χ1) is 12.3. The molecule has 132 valence electrons. The molecule has 0 fully saturated rings. The lowest BCUT2D eigenvalue weighted by molar-refractivity contribution is 0.0191. The van der Waals surface area contributed by atoms with E-state index in [2.05, 4.69) is 40.6 Å². The van der Waals surface area contributed by atoms with Crippen molar-refractivity contribution < 1.29 is 5.11 Å². The molecule has 1 heterocycles. The Morgan fingerprint density at radius 1 is 0.920 bits per heavy atom. The predicted octanol–water partition coefficient (Wildman–Crippen LogP) is 3.96. The third kappa shape index (κ3) is 3.20. The van der Waals surface area contributed by atoms with Gasteiger partial charge >= 0.3 is 0 Å². The molecule has 2 atom stereocenters. The number of aryl methyl sites for hydroxylation is 2. The van der Waals surface area contributed by atoms with Gasteiger partial charge in [0.2, 0.25) is 0 Å². The highest BCUT2D eigenvalue weighted by atomic mass is 16.3. The van der Waals surface area contributed by atoms with Crippen LogP contribution in [0.5, 0.6) is 0 Å². The maximum atomic E-state index is 11.9. The van der Waals surface area contributed by atoms with Crippen molar-refractivity contribution in [2.24, 2.45) is 5.92 Å². The molecule has 4 rings (SSSR count). The van der Waals surface area contributed by atoms with E-state index >= 15 is 0 Å². The molecule has 0 amide bonds. The van der Waals surface area contributed by atoms with E-state index in [1.807, 2.05) is 0 Å². The molecule has 0 radical (unpaired) electrons. The fourth-order valence-electron chi connectivity index (χ4n) is 4.26. The number of aromatic nitrogens is 3. The molecule has 0 bridgehead atoms. The average Bonchev–Trinajstić information content (AvgIpc) is 2.93. The van der Waals surface area contributed by atoms with Crippen molar-refractivity contribution in [3.05, 3.63) is 53.2 Å². The number of hydrogen-bond acceptors (Lipinski definition) is 4. The second kappa shape index (κ2) is 7.20. The number of aliphatic hydroxyl groups is 1. The molecule has 1 N–H and O–H groups in total. The van der Waals surface area contributed by atoms with E-state index in [1.165, 1.54) is 6.42 Å². The summed E-state index contributed by atoms with van der Waals surface area (Å²) in [6.07, 6.45) is 21.3. The molecule has 0 saturated carbocycles. The van der Waals surface area contributed by atoms with Gasteiger partial charge in [0.15, 0.2) is 11.4 Å². The number of nitrogens with zero attached hydrogens (tertiary/aromatic N) is 3. The van der Waals surface area contributed by atoms with E-state index in [-0.39, 0.29) is 5.92 Å². The number of allylic oxidation sites excluding steroid dienone is 3. The van der Waals surface area contributed by atoms with E-state index in [1.54, 1.807) is 0 Å². The lowest BCUT2D eigenvalue weighted by atomic mass is 9.74. The van der Waals surface area contributed by atoms with Gasteiger partial charge in [0.25, 0.3) is 0 Å². The Labute approximate surface area is 149 Å². The molecule has 0 saturated heterocycles. The van der Waals surface area contributed by atoms with Gasteiger partial charge in [0.1, 0.15) is 0 Å². The standard InChI is InChI=1S/C21H27N3O/c25-21(16-10-4-1-5-11-16,17-12-6-2-7-13-17)20-22-18-14-8-3-9-15-19(18)23-24-20/h4,6,10-12,17,25H,1-3,5,7-9,13-15H2/t17-,21?/m0/s1. The van der Waals surface area contributed by atoms with Crippen LogP contribution in [0.25, 0.3) is 0 Å². The summed E-state index contributed by atoms with van der Waals surface area (Å²) in [7, 11) is 0. The van der Waals surface area contributed by atoms with Crippen LogP contribution in [0, 0.1) is 5.92 Å². The fraction of sp³-hybridized carbons (Fsp3) is 0.571. The van der Waals surface area contributed by atoms with Crippen molar-refractivity contribution in [3.63, 3.8) is 0 Å². The molecule has 4 heteroatoms. The van der Waals surface area contributed by atoms with Gasteiger partial charge in [-0.05, 0) is 63.4 Å². The molecular weight excluding hydrogens is 310 g/mol. The lowest BCUT2D eigenvalue weighted by Gasteiger charge is -2.36. The van der Waals surface area contributed by atoms with E-state index in [0.717, 1.165) is 74.7 Å². The van der Waals surface area contributed by atoms with Crippen molar-refractivity contribution in [2.75, 3.05) is 0 Å². The molecule has 3 aliphatic rings. The quantitative estimate of drug-likeness (QED) is 0.670. The maximum Gasteiger partial charge on any atom is 0.188 e. The Bertz CT molecular complexity index is 722. The maximum absolute atomic E-state index is 11.9. The second-order valence-electron chi connectivity index (χ2n) is 7.46. The van der Waals surface area contributed by atoms with Crippen LogP contribution < -0.4 is 0 Å². The van der Waals surface area contributed by atoms with Crippen molar-refractivity contribution in [3.8, 4) is 0 Å². The molecule has 25 heavy (non-hydrogen) atoms. The molecule has 1 aromatic heterocycles. The third-order valence-electron chi connectivity index (χ3n) is 5.73. The molecule has 0 spiro atoms. The van der Waals surface area contributed by atoms with Crippen LogP contribution in [0.15, 0.2) is 36.0 Å². The summed E-state index contributed by atoms with van der Waals surface area (Å²) in [5.41, 5.74) is 1.84. The van der Waals surface area contributed by atoms with Gasteiger partial charge in [-0.25, -0.2) is 4.98 Å². The first kappa shape index (κ1) is 16.6. The molecule has 4 nitrogen and oxygen atoms in total. The summed E-state index contributed by atoms with van der Waals surface area (Å²) in [6.45, 7) is 0. The van der Waals surface area contributed by atoms with Crippen LogP contribution in [-0.4, -0.2) is 20.3 Å². The topological polar surface area (TPSA) is 58.9 Å². The van der Waals surface area contributed by atoms with Crippen molar-refractivity contribution in [2.45, 2.75) is 69.8 Å².